The lowest BCUT2D eigenvalue weighted by Crippen LogP contribution is -2.20. The van der Waals surface area contributed by atoms with Crippen LogP contribution in [0.15, 0.2) is 109 Å². The van der Waals surface area contributed by atoms with E-state index in [9.17, 15) is 4.79 Å². The minimum absolute atomic E-state index is 0.0119. The fourth-order valence-corrected chi connectivity index (χ4v) is 4.92. The fraction of sp³-hybridized carbons (Fsp3) is 0.0938. The molecule has 0 atom stereocenters. The summed E-state index contributed by atoms with van der Waals surface area (Å²) in [4.78, 5) is 15.5. The number of ether oxygens (including phenoxy) is 1. The lowest BCUT2D eigenvalue weighted by atomic mass is 10.0. The maximum absolute atomic E-state index is 13.7. The SMILES string of the molecule is Cc1ccccc1OCCn1cc(C=C2C(=O)N(c3ccccc3)c3ccccc32)c2ccccc21. The zero-order valence-corrected chi connectivity index (χ0v) is 20.1. The Labute approximate surface area is 210 Å². The molecule has 0 N–H and O–H groups in total. The van der Waals surface area contributed by atoms with Crippen molar-refractivity contribution in [3.8, 4) is 5.75 Å². The molecule has 0 unspecified atom stereocenters. The van der Waals surface area contributed by atoms with Gasteiger partial charge in [-0.2, -0.15) is 0 Å². The zero-order chi connectivity index (χ0) is 24.5. The quantitative estimate of drug-likeness (QED) is 0.245. The number of aryl methyl sites for hydroxylation is 1. The van der Waals surface area contributed by atoms with Gasteiger partial charge in [-0.1, -0.05) is 72.8 Å². The summed E-state index contributed by atoms with van der Waals surface area (Å²) >= 11 is 0. The summed E-state index contributed by atoms with van der Waals surface area (Å²) < 4.78 is 8.27. The fourth-order valence-electron chi connectivity index (χ4n) is 4.92. The van der Waals surface area contributed by atoms with Crippen LogP contribution in [0.3, 0.4) is 0 Å². The van der Waals surface area contributed by atoms with Crippen LogP contribution < -0.4 is 9.64 Å². The third kappa shape index (κ3) is 3.87. The molecule has 0 saturated heterocycles. The van der Waals surface area contributed by atoms with Gasteiger partial charge < -0.3 is 9.30 Å². The standard InChI is InChI=1S/C32H26N2O2/c1-23-11-5-10-18-31(23)36-20-19-33-22-24(26-14-6-8-16-29(26)33)21-28-27-15-7-9-17-30(27)34(32(28)35)25-12-3-2-4-13-25/h2-18,21-22H,19-20H2,1H3. The monoisotopic (exact) mass is 470 g/mol. The molecule has 1 aliphatic heterocycles. The van der Waals surface area contributed by atoms with E-state index in [2.05, 4.69) is 35.9 Å². The first-order valence-corrected chi connectivity index (χ1v) is 12.2. The molecule has 0 radical (unpaired) electrons. The van der Waals surface area contributed by atoms with Gasteiger partial charge >= 0.3 is 0 Å². The van der Waals surface area contributed by atoms with Gasteiger partial charge in [0, 0.05) is 33.9 Å². The molecule has 2 heterocycles. The predicted octanol–water partition coefficient (Wildman–Crippen LogP) is 7.25. The van der Waals surface area contributed by atoms with Crippen LogP contribution in [-0.4, -0.2) is 17.1 Å². The highest BCUT2D eigenvalue weighted by Gasteiger charge is 2.33. The van der Waals surface area contributed by atoms with Crippen molar-refractivity contribution in [2.45, 2.75) is 13.5 Å². The predicted molar refractivity (Wildman–Crippen MR) is 147 cm³/mol. The smallest absolute Gasteiger partial charge is 0.263 e. The first kappa shape index (κ1) is 21.9. The molecule has 1 amide bonds. The molecule has 36 heavy (non-hydrogen) atoms. The summed E-state index contributed by atoms with van der Waals surface area (Å²) in [6.07, 6.45) is 4.16. The topological polar surface area (TPSA) is 34.5 Å². The average molecular weight is 471 g/mol. The van der Waals surface area contributed by atoms with Gasteiger partial charge in [-0.3, -0.25) is 9.69 Å². The number of fused-ring (bicyclic) bond motifs is 2. The lowest BCUT2D eigenvalue weighted by Gasteiger charge is -2.16. The van der Waals surface area contributed by atoms with Gasteiger partial charge in [-0.15, -0.1) is 0 Å². The number of hydrogen-bond donors (Lipinski definition) is 0. The van der Waals surface area contributed by atoms with Gasteiger partial charge in [0.25, 0.3) is 5.91 Å². The number of benzene rings is 4. The van der Waals surface area contributed by atoms with Crippen molar-refractivity contribution in [3.63, 3.8) is 0 Å². The Kier molecular flexibility index (Phi) is 5.62. The molecular formula is C32H26N2O2. The van der Waals surface area contributed by atoms with Crippen molar-refractivity contribution < 1.29 is 9.53 Å². The van der Waals surface area contributed by atoms with E-state index in [1.807, 2.05) is 91.0 Å². The average Bonchev–Trinajstić information content (AvgIpc) is 3.40. The number of aromatic nitrogens is 1. The van der Waals surface area contributed by atoms with E-state index < -0.39 is 0 Å². The Hall–Kier alpha value is -4.57. The van der Waals surface area contributed by atoms with Crippen molar-refractivity contribution >= 4 is 39.8 Å². The van der Waals surface area contributed by atoms with E-state index in [1.165, 1.54) is 0 Å². The molecule has 1 aliphatic rings. The Balaban J connectivity index is 1.36. The number of rotatable bonds is 6. The van der Waals surface area contributed by atoms with E-state index >= 15 is 0 Å². The van der Waals surface area contributed by atoms with Crippen LogP contribution in [0.2, 0.25) is 0 Å². The Morgan fingerprint density at radius 2 is 1.53 bits per heavy atom. The van der Waals surface area contributed by atoms with Gasteiger partial charge in [0.05, 0.1) is 17.8 Å². The largest absolute Gasteiger partial charge is 0.491 e. The molecule has 1 aromatic heterocycles. The molecule has 0 aliphatic carbocycles. The highest BCUT2D eigenvalue weighted by molar-refractivity contribution is 6.38. The van der Waals surface area contributed by atoms with Crippen molar-refractivity contribution in [1.82, 2.24) is 4.57 Å². The van der Waals surface area contributed by atoms with Crippen LogP contribution in [-0.2, 0) is 11.3 Å². The summed E-state index contributed by atoms with van der Waals surface area (Å²) in [5.41, 5.74) is 6.71. The normalized spacial score (nSPS) is 14.0. The third-order valence-corrected chi connectivity index (χ3v) is 6.69. The van der Waals surface area contributed by atoms with E-state index in [0.717, 1.165) is 44.7 Å². The van der Waals surface area contributed by atoms with Crippen LogP contribution in [0.5, 0.6) is 5.75 Å². The van der Waals surface area contributed by atoms with Crippen molar-refractivity contribution in [1.29, 1.82) is 0 Å². The van der Waals surface area contributed by atoms with Gasteiger partial charge in [-0.05, 0) is 48.9 Å². The molecular weight excluding hydrogens is 444 g/mol. The molecule has 4 heteroatoms. The molecule has 4 nitrogen and oxygen atoms in total. The number of carbonyl (C=O) groups is 1. The minimum atomic E-state index is -0.0119. The van der Waals surface area contributed by atoms with Gasteiger partial charge in [0.2, 0.25) is 0 Å². The van der Waals surface area contributed by atoms with Crippen molar-refractivity contribution in [3.05, 3.63) is 126 Å². The molecule has 6 rings (SSSR count). The number of para-hydroxylation sites is 4. The zero-order valence-electron chi connectivity index (χ0n) is 20.1. The van der Waals surface area contributed by atoms with Crippen molar-refractivity contribution in [2.24, 2.45) is 0 Å². The maximum Gasteiger partial charge on any atom is 0.263 e. The summed E-state index contributed by atoms with van der Waals surface area (Å²) in [5, 5.41) is 1.12. The second-order valence-electron chi connectivity index (χ2n) is 8.96. The summed E-state index contributed by atoms with van der Waals surface area (Å²) in [6.45, 7) is 3.32. The lowest BCUT2D eigenvalue weighted by molar-refractivity contribution is -0.112. The molecule has 5 aromatic rings. The van der Waals surface area contributed by atoms with E-state index in [1.54, 1.807) is 4.90 Å². The summed E-state index contributed by atoms with van der Waals surface area (Å²) in [6, 6.07) is 34.2. The maximum atomic E-state index is 13.7. The molecule has 0 fully saturated rings. The molecule has 0 bridgehead atoms. The second-order valence-corrected chi connectivity index (χ2v) is 8.96. The number of hydrogen-bond acceptors (Lipinski definition) is 2. The van der Waals surface area contributed by atoms with Gasteiger partial charge in [0.1, 0.15) is 12.4 Å². The van der Waals surface area contributed by atoms with Crippen LogP contribution in [0.1, 0.15) is 16.7 Å². The van der Waals surface area contributed by atoms with Crippen LogP contribution in [0.4, 0.5) is 11.4 Å². The highest BCUT2D eigenvalue weighted by atomic mass is 16.5. The Morgan fingerprint density at radius 1 is 0.806 bits per heavy atom. The summed E-state index contributed by atoms with van der Waals surface area (Å²) in [7, 11) is 0. The van der Waals surface area contributed by atoms with Crippen molar-refractivity contribution in [2.75, 3.05) is 11.5 Å². The molecule has 0 saturated carbocycles. The number of amides is 1. The molecule has 176 valence electrons. The summed E-state index contributed by atoms with van der Waals surface area (Å²) in [5.74, 6) is 0.896. The number of carbonyl (C=O) groups excluding carboxylic acids is 1. The van der Waals surface area contributed by atoms with Crippen LogP contribution in [0.25, 0.3) is 22.6 Å². The second kappa shape index (κ2) is 9.23. The number of anilines is 2. The van der Waals surface area contributed by atoms with E-state index in [-0.39, 0.29) is 5.91 Å². The molecule has 4 aromatic carbocycles. The van der Waals surface area contributed by atoms with Crippen LogP contribution in [0, 0.1) is 6.92 Å². The minimum Gasteiger partial charge on any atom is -0.491 e. The first-order chi connectivity index (χ1) is 17.7. The van der Waals surface area contributed by atoms with Crippen LogP contribution >= 0.6 is 0 Å². The third-order valence-electron chi connectivity index (χ3n) is 6.69. The first-order valence-electron chi connectivity index (χ1n) is 12.2. The molecule has 0 spiro atoms. The highest BCUT2D eigenvalue weighted by Crippen LogP contribution is 2.42. The Bertz CT molecular complexity index is 1600. The van der Waals surface area contributed by atoms with E-state index in [4.69, 9.17) is 4.74 Å². The van der Waals surface area contributed by atoms with Gasteiger partial charge in [-0.25, -0.2) is 0 Å². The van der Waals surface area contributed by atoms with E-state index in [0.29, 0.717) is 18.7 Å². The Morgan fingerprint density at radius 3 is 2.39 bits per heavy atom. The van der Waals surface area contributed by atoms with Gasteiger partial charge in [0.15, 0.2) is 0 Å². The number of nitrogens with zero attached hydrogens (tertiary/aromatic N) is 2.